The van der Waals surface area contributed by atoms with Crippen molar-refractivity contribution in [1.82, 2.24) is 15.0 Å². The molecule has 2 aromatic heterocycles. The van der Waals surface area contributed by atoms with E-state index < -0.39 is 23.4 Å². The third-order valence-electron chi connectivity index (χ3n) is 2.31. The van der Waals surface area contributed by atoms with Gasteiger partial charge in [0.1, 0.15) is 11.3 Å². The van der Waals surface area contributed by atoms with Gasteiger partial charge >= 0.3 is 12.1 Å². The SMILES string of the molecule is O=C(O)c1cnc(-c2ncc(Br)cc2Br)nc1C(F)(F)F. The predicted molar refractivity (Wildman–Crippen MR) is 72.6 cm³/mol. The minimum Gasteiger partial charge on any atom is -0.478 e. The second-order valence-electron chi connectivity index (χ2n) is 3.74. The van der Waals surface area contributed by atoms with Crippen LogP contribution < -0.4 is 0 Å². The standard InChI is InChI=1S/C11H4Br2F3N3O2/c12-4-1-6(13)7(17-2-4)9-18-3-5(10(20)21)8(19-9)11(14,15)16/h1-3H,(H,20,21). The Morgan fingerprint density at radius 2 is 1.86 bits per heavy atom. The Morgan fingerprint density at radius 1 is 1.19 bits per heavy atom. The number of halogens is 5. The van der Waals surface area contributed by atoms with Crippen molar-refractivity contribution < 1.29 is 23.1 Å². The molecule has 0 atom stereocenters. The summed E-state index contributed by atoms with van der Waals surface area (Å²) in [5.41, 5.74) is -2.46. The fourth-order valence-corrected chi connectivity index (χ4v) is 2.61. The molecule has 2 rings (SSSR count). The first-order valence-electron chi connectivity index (χ1n) is 5.19. The second-order valence-corrected chi connectivity index (χ2v) is 5.51. The normalized spacial score (nSPS) is 11.5. The Bertz CT molecular complexity index is 722. The molecule has 0 bridgehead atoms. The first kappa shape index (κ1) is 15.8. The van der Waals surface area contributed by atoms with Crippen LogP contribution in [-0.4, -0.2) is 26.0 Å². The summed E-state index contributed by atoms with van der Waals surface area (Å²) in [6.07, 6.45) is -2.93. The number of aromatic nitrogens is 3. The highest BCUT2D eigenvalue weighted by Gasteiger charge is 2.38. The van der Waals surface area contributed by atoms with Gasteiger partial charge < -0.3 is 5.11 Å². The lowest BCUT2D eigenvalue weighted by Crippen LogP contribution is -2.17. The topological polar surface area (TPSA) is 76.0 Å². The van der Waals surface area contributed by atoms with E-state index in [4.69, 9.17) is 5.11 Å². The minimum atomic E-state index is -4.91. The van der Waals surface area contributed by atoms with Crippen LogP contribution in [0.15, 0.2) is 27.4 Å². The van der Waals surface area contributed by atoms with Gasteiger partial charge in [-0.3, -0.25) is 4.98 Å². The zero-order valence-electron chi connectivity index (χ0n) is 9.82. The fraction of sp³-hybridized carbons (Fsp3) is 0.0909. The maximum atomic E-state index is 12.9. The molecule has 0 aliphatic rings. The quantitative estimate of drug-likeness (QED) is 0.790. The van der Waals surface area contributed by atoms with Crippen molar-refractivity contribution in [2.24, 2.45) is 0 Å². The number of carboxylic acid groups (broad SMARTS) is 1. The number of pyridine rings is 1. The largest absolute Gasteiger partial charge is 0.478 e. The van der Waals surface area contributed by atoms with Crippen molar-refractivity contribution in [1.29, 1.82) is 0 Å². The summed E-state index contributed by atoms with van der Waals surface area (Å²) in [5, 5.41) is 8.77. The van der Waals surface area contributed by atoms with Crippen LogP contribution in [0.2, 0.25) is 0 Å². The minimum absolute atomic E-state index is 0.0700. The second kappa shape index (κ2) is 5.68. The summed E-state index contributed by atoms with van der Waals surface area (Å²) in [7, 11) is 0. The van der Waals surface area contributed by atoms with Crippen LogP contribution in [0.4, 0.5) is 13.2 Å². The molecule has 2 heterocycles. The van der Waals surface area contributed by atoms with Crippen molar-refractivity contribution in [3.8, 4) is 11.5 Å². The Hall–Kier alpha value is -1.55. The van der Waals surface area contributed by atoms with Gasteiger partial charge in [-0.15, -0.1) is 0 Å². The molecule has 1 N–H and O–H groups in total. The Kier molecular flexibility index (Phi) is 4.28. The predicted octanol–water partition coefficient (Wildman–Crippen LogP) is 3.78. The van der Waals surface area contributed by atoms with Crippen molar-refractivity contribution in [3.63, 3.8) is 0 Å². The molecule has 0 aliphatic heterocycles. The van der Waals surface area contributed by atoms with E-state index in [0.717, 1.165) is 0 Å². The molecule has 5 nitrogen and oxygen atoms in total. The number of carbonyl (C=O) groups is 1. The average Bonchev–Trinajstić information content (AvgIpc) is 2.37. The number of alkyl halides is 3. The molecule has 0 unspecified atom stereocenters. The van der Waals surface area contributed by atoms with Crippen LogP contribution in [0.1, 0.15) is 16.1 Å². The third-order valence-corrected chi connectivity index (χ3v) is 3.35. The molecule has 110 valence electrons. The lowest BCUT2D eigenvalue weighted by molar-refractivity contribution is -0.141. The summed E-state index contributed by atoms with van der Waals surface area (Å²) in [4.78, 5) is 21.7. The van der Waals surface area contributed by atoms with E-state index in [1.807, 2.05) is 0 Å². The number of hydrogen-bond acceptors (Lipinski definition) is 4. The van der Waals surface area contributed by atoms with Gasteiger partial charge in [0.25, 0.3) is 0 Å². The first-order valence-corrected chi connectivity index (χ1v) is 6.77. The molecule has 0 aliphatic carbocycles. The van der Waals surface area contributed by atoms with Gasteiger partial charge in [-0.05, 0) is 37.9 Å². The van der Waals surface area contributed by atoms with Crippen LogP contribution in [0.5, 0.6) is 0 Å². The highest BCUT2D eigenvalue weighted by atomic mass is 79.9. The molecule has 0 saturated heterocycles. The van der Waals surface area contributed by atoms with E-state index in [1.165, 1.54) is 6.20 Å². The maximum Gasteiger partial charge on any atom is 0.434 e. The molecule has 0 saturated carbocycles. The van der Waals surface area contributed by atoms with E-state index in [-0.39, 0.29) is 11.5 Å². The van der Waals surface area contributed by atoms with E-state index >= 15 is 0 Å². The highest BCUT2D eigenvalue weighted by Crippen LogP contribution is 2.33. The Morgan fingerprint density at radius 3 is 2.38 bits per heavy atom. The summed E-state index contributed by atoms with van der Waals surface area (Å²) < 4.78 is 39.6. The molecule has 0 aromatic carbocycles. The van der Waals surface area contributed by atoms with Crippen LogP contribution in [0, 0.1) is 0 Å². The monoisotopic (exact) mass is 425 g/mol. The Balaban J connectivity index is 2.64. The maximum absolute atomic E-state index is 12.9. The molecule has 2 aromatic rings. The summed E-state index contributed by atoms with van der Waals surface area (Å²) in [6.45, 7) is 0. The van der Waals surface area contributed by atoms with Gasteiger partial charge in [0.2, 0.25) is 0 Å². The molecule has 0 radical (unpaired) electrons. The van der Waals surface area contributed by atoms with Gasteiger partial charge in [0, 0.05) is 21.3 Å². The molecular formula is C11H4Br2F3N3O2. The Labute approximate surface area is 132 Å². The summed E-state index contributed by atoms with van der Waals surface area (Å²) in [5.74, 6) is -2.08. The van der Waals surface area contributed by atoms with Crippen molar-refractivity contribution >= 4 is 37.8 Å². The highest BCUT2D eigenvalue weighted by molar-refractivity contribution is 9.11. The molecule has 10 heteroatoms. The van der Waals surface area contributed by atoms with Gasteiger partial charge in [-0.1, -0.05) is 0 Å². The molecule has 0 fully saturated rings. The number of rotatable bonds is 2. The number of hydrogen-bond donors (Lipinski definition) is 1. The number of aromatic carboxylic acids is 1. The van der Waals surface area contributed by atoms with Crippen molar-refractivity contribution in [3.05, 3.63) is 38.7 Å². The molecule has 0 amide bonds. The summed E-state index contributed by atoms with van der Waals surface area (Å²) in [6, 6.07) is 1.56. The smallest absolute Gasteiger partial charge is 0.434 e. The van der Waals surface area contributed by atoms with E-state index in [2.05, 4.69) is 46.8 Å². The lowest BCUT2D eigenvalue weighted by atomic mass is 10.2. The van der Waals surface area contributed by atoms with Crippen LogP contribution in [0.3, 0.4) is 0 Å². The van der Waals surface area contributed by atoms with Crippen molar-refractivity contribution in [2.45, 2.75) is 6.18 Å². The molecule has 0 spiro atoms. The number of carboxylic acids is 1. The molecule has 21 heavy (non-hydrogen) atoms. The van der Waals surface area contributed by atoms with Crippen LogP contribution in [-0.2, 0) is 6.18 Å². The van der Waals surface area contributed by atoms with Gasteiger partial charge in [0.05, 0.1) is 0 Å². The molecular weight excluding hydrogens is 423 g/mol. The van der Waals surface area contributed by atoms with E-state index in [9.17, 15) is 18.0 Å². The van der Waals surface area contributed by atoms with E-state index in [1.54, 1.807) is 6.07 Å². The van der Waals surface area contributed by atoms with Crippen molar-refractivity contribution in [2.75, 3.05) is 0 Å². The van der Waals surface area contributed by atoms with Gasteiger partial charge in [-0.2, -0.15) is 13.2 Å². The third kappa shape index (κ3) is 3.38. The fourth-order valence-electron chi connectivity index (χ4n) is 1.45. The van der Waals surface area contributed by atoms with Gasteiger partial charge in [0.15, 0.2) is 11.5 Å². The average molecular weight is 427 g/mol. The summed E-state index contributed by atoms with van der Waals surface area (Å²) >= 11 is 6.29. The lowest BCUT2D eigenvalue weighted by Gasteiger charge is -2.10. The van der Waals surface area contributed by atoms with Crippen LogP contribution >= 0.6 is 31.9 Å². The first-order chi connectivity index (χ1) is 9.70. The number of nitrogens with zero attached hydrogens (tertiary/aromatic N) is 3. The van der Waals surface area contributed by atoms with E-state index in [0.29, 0.717) is 15.1 Å². The zero-order chi connectivity index (χ0) is 15.8. The van der Waals surface area contributed by atoms with Crippen LogP contribution in [0.25, 0.3) is 11.5 Å². The van der Waals surface area contributed by atoms with Gasteiger partial charge in [-0.25, -0.2) is 14.8 Å². The zero-order valence-corrected chi connectivity index (χ0v) is 13.0.